The number of pyridine rings is 1. The highest BCUT2D eigenvalue weighted by atomic mass is 16.3. The van der Waals surface area contributed by atoms with Gasteiger partial charge in [0.2, 0.25) is 0 Å². The maximum atomic E-state index is 10.6. The molecule has 0 saturated heterocycles. The summed E-state index contributed by atoms with van der Waals surface area (Å²) >= 11 is 0. The van der Waals surface area contributed by atoms with Crippen LogP contribution in [-0.4, -0.2) is 20.9 Å². The molecule has 0 aliphatic rings. The fourth-order valence-electron chi connectivity index (χ4n) is 1.66. The van der Waals surface area contributed by atoms with Crippen molar-refractivity contribution in [2.24, 2.45) is 0 Å². The molecule has 3 aromatic heterocycles. The molecule has 0 saturated carbocycles. The summed E-state index contributed by atoms with van der Waals surface area (Å²) in [6, 6.07) is 7.11. The van der Waals surface area contributed by atoms with E-state index in [0.29, 0.717) is 23.5 Å². The quantitative estimate of drug-likeness (QED) is 0.639. The Balaban J connectivity index is 1.98. The summed E-state index contributed by atoms with van der Waals surface area (Å²) < 4.78 is 6.88. The highest BCUT2D eigenvalue weighted by Gasteiger charge is 2.06. The summed E-state index contributed by atoms with van der Waals surface area (Å²) in [6.45, 7) is 0. The van der Waals surface area contributed by atoms with E-state index in [1.54, 1.807) is 29.1 Å². The molecule has 0 radical (unpaired) electrons. The molecule has 0 atom stereocenters. The molecule has 0 aliphatic carbocycles. The summed E-state index contributed by atoms with van der Waals surface area (Å²) in [5.74, 6) is 1.49. The van der Waals surface area contributed by atoms with Crippen molar-refractivity contribution < 1.29 is 9.21 Å². The molecule has 0 bridgehead atoms. The lowest BCUT2D eigenvalue weighted by atomic mass is 10.3. The maximum Gasteiger partial charge on any atom is 0.159 e. The first-order chi connectivity index (χ1) is 8.35. The SMILES string of the molecule is O=Cc1ccn2nc(Cc3ccco3)nc2c1. The number of aldehydes is 1. The van der Waals surface area contributed by atoms with Crippen LogP contribution < -0.4 is 0 Å². The van der Waals surface area contributed by atoms with Crippen LogP contribution in [0.1, 0.15) is 21.9 Å². The van der Waals surface area contributed by atoms with Crippen molar-refractivity contribution in [3.8, 4) is 0 Å². The number of rotatable bonds is 3. The van der Waals surface area contributed by atoms with Crippen molar-refractivity contribution in [1.82, 2.24) is 14.6 Å². The number of aromatic nitrogens is 3. The Hall–Kier alpha value is -2.43. The zero-order valence-electron chi connectivity index (χ0n) is 8.91. The van der Waals surface area contributed by atoms with Gasteiger partial charge in [0.1, 0.15) is 12.0 Å². The smallest absolute Gasteiger partial charge is 0.159 e. The molecule has 0 unspecified atom stereocenters. The van der Waals surface area contributed by atoms with Gasteiger partial charge >= 0.3 is 0 Å². The van der Waals surface area contributed by atoms with E-state index in [1.165, 1.54) is 0 Å². The van der Waals surface area contributed by atoms with E-state index in [9.17, 15) is 4.79 Å². The van der Waals surface area contributed by atoms with Gasteiger partial charge in [-0.15, -0.1) is 0 Å². The summed E-state index contributed by atoms with van der Waals surface area (Å²) in [5, 5.41) is 4.29. The van der Waals surface area contributed by atoms with E-state index in [-0.39, 0.29) is 0 Å². The molecule has 0 aromatic carbocycles. The molecule has 17 heavy (non-hydrogen) atoms. The van der Waals surface area contributed by atoms with Gasteiger partial charge in [0.15, 0.2) is 11.5 Å². The fourth-order valence-corrected chi connectivity index (χ4v) is 1.66. The monoisotopic (exact) mass is 227 g/mol. The average Bonchev–Trinajstić information content (AvgIpc) is 2.96. The Bertz CT molecular complexity index is 656. The van der Waals surface area contributed by atoms with Crippen LogP contribution >= 0.6 is 0 Å². The highest BCUT2D eigenvalue weighted by Crippen LogP contribution is 2.09. The van der Waals surface area contributed by atoms with Crippen LogP contribution in [0.4, 0.5) is 0 Å². The van der Waals surface area contributed by atoms with Crippen molar-refractivity contribution in [3.05, 3.63) is 53.9 Å². The molecule has 0 amide bonds. The third-order valence-corrected chi connectivity index (χ3v) is 2.45. The van der Waals surface area contributed by atoms with Gasteiger partial charge < -0.3 is 4.42 Å². The minimum Gasteiger partial charge on any atom is -0.469 e. The molecular formula is C12H9N3O2. The predicted molar refractivity (Wildman–Crippen MR) is 59.9 cm³/mol. The zero-order valence-corrected chi connectivity index (χ0v) is 8.91. The number of nitrogens with zero attached hydrogens (tertiary/aromatic N) is 3. The zero-order chi connectivity index (χ0) is 11.7. The van der Waals surface area contributed by atoms with E-state index in [1.807, 2.05) is 12.1 Å². The molecule has 3 aromatic rings. The standard InChI is InChI=1S/C12H9N3O2/c16-8-9-3-4-15-12(6-9)13-11(14-15)7-10-2-1-5-17-10/h1-6,8H,7H2. The first-order valence-corrected chi connectivity index (χ1v) is 5.18. The lowest BCUT2D eigenvalue weighted by Crippen LogP contribution is -1.90. The first kappa shape index (κ1) is 9.77. The fraction of sp³-hybridized carbons (Fsp3) is 0.0833. The molecule has 3 rings (SSSR count). The van der Waals surface area contributed by atoms with Gasteiger partial charge in [0, 0.05) is 11.8 Å². The van der Waals surface area contributed by atoms with Crippen LogP contribution in [0, 0.1) is 0 Å². The lowest BCUT2D eigenvalue weighted by molar-refractivity contribution is 0.112. The van der Waals surface area contributed by atoms with Crippen LogP contribution in [0.5, 0.6) is 0 Å². The molecule has 0 N–H and O–H groups in total. The largest absolute Gasteiger partial charge is 0.469 e. The van der Waals surface area contributed by atoms with Gasteiger partial charge in [-0.2, -0.15) is 5.10 Å². The summed E-state index contributed by atoms with van der Waals surface area (Å²) in [6.07, 6.45) is 4.68. The van der Waals surface area contributed by atoms with Crippen molar-refractivity contribution in [2.75, 3.05) is 0 Å². The first-order valence-electron chi connectivity index (χ1n) is 5.18. The van der Waals surface area contributed by atoms with Gasteiger partial charge in [-0.25, -0.2) is 9.50 Å². The van der Waals surface area contributed by atoms with Gasteiger partial charge in [0.05, 0.1) is 12.7 Å². The van der Waals surface area contributed by atoms with Crippen LogP contribution in [0.25, 0.3) is 5.65 Å². The number of carbonyl (C=O) groups excluding carboxylic acids is 1. The number of hydrogen-bond acceptors (Lipinski definition) is 4. The van der Waals surface area contributed by atoms with Crippen molar-refractivity contribution in [2.45, 2.75) is 6.42 Å². The van der Waals surface area contributed by atoms with Crippen molar-refractivity contribution >= 4 is 11.9 Å². The minimum absolute atomic E-state index is 0.547. The molecule has 3 heterocycles. The number of hydrogen-bond donors (Lipinski definition) is 0. The Morgan fingerprint density at radius 3 is 3.12 bits per heavy atom. The van der Waals surface area contributed by atoms with E-state index >= 15 is 0 Å². The van der Waals surface area contributed by atoms with Gasteiger partial charge in [-0.3, -0.25) is 4.79 Å². The predicted octanol–water partition coefficient (Wildman–Crippen LogP) is 1.73. The molecule has 0 aliphatic heterocycles. The van der Waals surface area contributed by atoms with Crippen LogP contribution in [0.3, 0.4) is 0 Å². The summed E-state index contributed by atoms with van der Waals surface area (Å²) in [4.78, 5) is 15.0. The molecule has 0 fully saturated rings. The van der Waals surface area contributed by atoms with Crippen molar-refractivity contribution in [1.29, 1.82) is 0 Å². The maximum absolute atomic E-state index is 10.6. The second-order valence-corrected chi connectivity index (χ2v) is 3.66. The molecule has 5 heteroatoms. The average molecular weight is 227 g/mol. The molecule has 5 nitrogen and oxygen atoms in total. The third kappa shape index (κ3) is 1.82. The topological polar surface area (TPSA) is 60.4 Å². The van der Waals surface area contributed by atoms with E-state index < -0.39 is 0 Å². The Morgan fingerprint density at radius 1 is 1.41 bits per heavy atom. The number of fused-ring (bicyclic) bond motifs is 1. The molecular weight excluding hydrogens is 218 g/mol. The van der Waals surface area contributed by atoms with Crippen molar-refractivity contribution in [3.63, 3.8) is 0 Å². The Labute approximate surface area is 96.7 Å². The second-order valence-electron chi connectivity index (χ2n) is 3.66. The molecule has 84 valence electrons. The van der Waals surface area contributed by atoms with E-state index in [2.05, 4.69) is 10.1 Å². The lowest BCUT2D eigenvalue weighted by Gasteiger charge is -1.90. The van der Waals surface area contributed by atoms with Crippen LogP contribution in [-0.2, 0) is 6.42 Å². The van der Waals surface area contributed by atoms with Gasteiger partial charge in [-0.1, -0.05) is 0 Å². The van der Waals surface area contributed by atoms with E-state index in [0.717, 1.165) is 12.0 Å². The summed E-state index contributed by atoms with van der Waals surface area (Å²) in [7, 11) is 0. The highest BCUT2D eigenvalue weighted by molar-refractivity contribution is 5.76. The van der Waals surface area contributed by atoms with Gasteiger partial charge in [-0.05, 0) is 24.3 Å². The second kappa shape index (κ2) is 3.86. The minimum atomic E-state index is 0.547. The number of furan rings is 1. The Morgan fingerprint density at radius 2 is 2.35 bits per heavy atom. The summed E-state index contributed by atoms with van der Waals surface area (Å²) in [5.41, 5.74) is 1.26. The molecule has 0 spiro atoms. The van der Waals surface area contributed by atoms with Crippen LogP contribution in [0.15, 0.2) is 41.1 Å². The van der Waals surface area contributed by atoms with Gasteiger partial charge in [0.25, 0.3) is 0 Å². The normalized spacial score (nSPS) is 10.8. The Kier molecular flexibility index (Phi) is 2.22. The number of carbonyl (C=O) groups is 1. The third-order valence-electron chi connectivity index (χ3n) is 2.45. The van der Waals surface area contributed by atoms with Crippen LogP contribution in [0.2, 0.25) is 0 Å². The van der Waals surface area contributed by atoms with E-state index in [4.69, 9.17) is 4.42 Å².